The van der Waals surface area contributed by atoms with Crippen LogP contribution < -0.4 is 10.2 Å². The van der Waals surface area contributed by atoms with E-state index in [4.69, 9.17) is 11.6 Å². The van der Waals surface area contributed by atoms with Gasteiger partial charge in [0.15, 0.2) is 0 Å². The van der Waals surface area contributed by atoms with Gasteiger partial charge in [-0.2, -0.15) is 0 Å². The van der Waals surface area contributed by atoms with E-state index >= 15 is 0 Å². The Morgan fingerprint density at radius 2 is 2.20 bits per heavy atom. The van der Waals surface area contributed by atoms with Gasteiger partial charge < -0.3 is 5.32 Å². The number of hydrogen-bond donors (Lipinski definition) is 1. The maximum absolute atomic E-state index is 12.3. The van der Waals surface area contributed by atoms with Crippen LogP contribution in [-0.2, 0) is 0 Å². The van der Waals surface area contributed by atoms with Crippen LogP contribution in [0.1, 0.15) is 17.3 Å². The molecule has 1 amide bonds. The maximum atomic E-state index is 12.3. The Balaban J connectivity index is 2.23. The average Bonchev–Trinajstić information content (AvgIpc) is 2.49. The molecule has 2 rings (SSSR count). The number of halogens is 1. The number of nitrogens with one attached hydrogen (secondary N) is 1. The van der Waals surface area contributed by atoms with Crippen LogP contribution in [0, 0.1) is 0 Å². The van der Waals surface area contributed by atoms with E-state index in [0.717, 1.165) is 0 Å². The van der Waals surface area contributed by atoms with Gasteiger partial charge in [-0.1, -0.05) is 17.7 Å². The molecule has 0 saturated heterocycles. The third-order valence-corrected chi connectivity index (χ3v) is 3.02. The number of amides is 1. The number of hydrogen-bond acceptors (Lipinski definition) is 4. The van der Waals surface area contributed by atoms with Gasteiger partial charge in [0.05, 0.1) is 10.6 Å². The van der Waals surface area contributed by atoms with Gasteiger partial charge in [-0.25, -0.2) is 9.97 Å². The first-order chi connectivity index (χ1) is 9.63. The van der Waals surface area contributed by atoms with Gasteiger partial charge >= 0.3 is 0 Å². The van der Waals surface area contributed by atoms with Crippen LogP contribution in [0.2, 0.25) is 5.02 Å². The standard InChI is InChI=1S/C14H15ClN4O/c1-3-16-13-11(15)8-10(9-18-13)14(20)19(2)12-6-4-5-7-17-12/h4-9H,3H2,1-2H3,(H,16,18). The summed E-state index contributed by atoms with van der Waals surface area (Å²) in [4.78, 5) is 22.1. The molecule has 0 radical (unpaired) electrons. The van der Waals surface area contributed by atoms with Gasteiger partial charge in [-0.15, -0.1) is 0 Å². The van der Waals surface area contributed by atoms with E-state index < -0.39 is 0 Å². The van der Waals surface area contributed by atoms with Crippen LogP contribution in [0.4, 0.5) is 11.6 Å². The first kappa shape index (κ1) is 14.3. The molecule has 104 valence electrons. The number of nitrogens with zero attached hydrogens (tertiary/aromatic N) is 3. The van der Waals surface area contributed by atoms with Gasteiger partial charge in [0.25, 0.3) is 5.91 Å². The van der Waals surface area contributed by atoms with Crippen LogP contribution in [0.3, 0.4) is 0 Å². The zero-order valence-electron chi connectivity index (χ0n) is 11.3. The summed E-state index contributed by atoms with van der Waals surface area (Å²) >= 11 is 6.09. The molecule has 2 aromatic rings. The molecule has 0 aromatic carbocycles. The summed E-state index contributed by atoms with van der Waals surface area (Å²) < 4.78 is 0. The second-order valence-electron chi connectivity index (χ2n) is 4.14. The minimum absolute atomic E-state index is 0.207. The van der Waals surface area contributed by atoms with Gasteiger partial charge in [0.2, 0.25) is 0 Å². The highest BCUT2D eigenvalue weighted by Crippen LogP contribution is 2.21. The molecule has 0 fully saturated rings. The molecule has 20 heavy (non-hydrogen) atoms. The van der Waals surface area contributed by atoms with Gasteiger partial charge in [-0.05, 0) is 25.1 Å². The molecule has 2 heterocycles. The molecule has 1 N–H and O–H groups in total. The molecule has 0 aliphatic heterocycles. The molecule has 0 aliphatic carbocycles. The Labute approximate surface area is 122 Å². The molecule has 2 aromatic heterocycles. The number of rotatable bonds is 4. The summed E-state index contributed by atoms with van der Waals surface area (Å²) in [5.74, 6) is 0.941. The lowest BCUT2D eigenvalue weighted by Crippen LogP contribution is -2.27. The molecule has 0 atom stereocenters. The summed E-state index contributed by atoms with van der Waals surface area (Å²) in [6.45, 7) is 2.67. The van der Waals surface area contributed by atoms with Gasteiger partial charge in [-0.3, -0.25) is 9.69 Å². The fraction of sp³-hybridized carbons (Fsp3) is 0.214. The Kier molecular flexibility index (Phi) is 4.53. The van der Waals surface area contributed by atoms with Crippen molar-refractivity contribution in [3.63, 3.8) is 0 Å². The van der Waals surface area contributed by atoms with Crippen molar-refractivity contribution in [2.24, 2.45) is 0 Å². The van der Waals surface area contributed by atoms with Crippen LogP contribution >= 0.6 is 11.6 Å². The Bertz CT molecular complexity index is 603. The maximum Gasteiger partial charge on any atom is 0.260 e. The second-order valence-corrected chi connectivity index (χ2v) is 4.54. The lowest BCUT2D eigenvalue weighted by atomic mass is 10.2. The highest BCUT2D eigenvalue weighted by molar-refractivity contribution is 6.33. The molecule has 0 spiro atoms. The van der Waals surface area contributed by atoms with Crippen molar-refractivity contribution in [1.82, 2.24) is 9.97 Å². The van der Waals surface area contributed by atoms with Gasteiger partial charge in [0.1, 0.15) is 11.6 Å². The van der Waals surface area contributed by atoms with Crippen molar-refractivity contribution in [1.29, 1.82) is 0 Å². The minimum atomic E-state index is -0.207. The van der Waals surface area contributed by atoms with Crippen molar-refractivity contribution in [2.45, 2.75) is 6.92 Å². The smallest absolute Gasteiger partial charge is 0.260 e. The van der Waals surface area contributed by atoms with E-state index in [9.17, 15) is 4.79 Å². The van der Waals surface area contributed by atoms with Gasteiger partial charge in [0, 0.05) is 26.0 Å². The van der Waals surface area contributed by atoms with Crippen molar-refractivity contribution >= 4 is 29.1 Å². The minimum Gasteiger partial charge on any atom is -0.369 e. The summed E-state index contributed by atoms with van der Waals surface area (Å²) in [7, 11) is 1.66. The summed E-state index contributed by atoms with van der Waals surface area (Å²) in [5, 5.41) is 3.45. The fourth-order valence-electron chi connectivity index (χ4n) is 1.70. The SMILES string of the molecule is CCNc1ncc(C(=O)N(C)c2ccccn2)cc1Cl. The predicted molar refractivity (Wildman–Crippen MR) is 80.4 cm³/mol. The van der Waals surface area contributed by atoms with Crippen molar-refractivity contribution in [2.75, 3.05) is 23.8 Å². The van der Waals surface area contributed by atoms with E-state index in [-0.39, 0.29) is 5.91 Å². The molecular formula is C14H15ClN4O. The number of pyridine rings is 2. The number of carbonyl (C=O) groups is 1. The van der Waals surface area contributed by atoms with Crippen LogP contribution in [0.5, 0.6) is 0 Å². The number of carbonyl (C=O) groups excluding carboxylic acids is 1. The number of anilines is 2. The van der Waals surface area contributed by atoms with E-state index in [0.29, 0.717) is 28.8 Å². The molecule has 0 aliphatic rings. The summed E-state index contributed by atoms with van der Waals surface area (Å²) in [6.07, 6.45) is 3.14. The normalized spacial score (nSPS) is 10.2. The molecule has 0 saturated carbocycles. The van der Waals surface area contributed by atoms with Crippen molar-refractivity contribution in [3.8, 4) is 0 Å². The van der Waals surface area contributed by atoms with E-state index in [1.807, 2.05) is 13.0 Å². The van der Waals surface area contributed by atoms with Crippen molar-refractivity contribution in [3.05, 3.63) is 47.2 Å². The third-order valence-electron chi connectivity index (χ3n) is 2.73. The van der Waals surface area contributed by atoms with E-state index in [1.165, 1.54) is 11.1 Å². The lowest BCUT2D eigenvalue weighted by molar-refractivity contribution is 0.0992. The molecule has 0 unspecified atom stereocenters. The first-order valence-electron chi connectivity index (χ1n) is 6.22. The Hall–Kier alpha value is -2.14. The Morgan fingerprint density at radius 3 is 2.80 bits per heavy atom. The quantitative estimate of drug-likeness (QED) is 0.941. The summed E-state index contributed by atoms with van der Waals surface area (Å²) in [6, 6.07) is 6.99. The highest BCUT2D eigenvalue weighted by Gasteiger charge is 2.16. The topological polar surface area (TPSA) is 58.1 Å². The van der Waals surface area contributed by atoms with Crippen LogP contribution in [0.15, 0.2) is 36.7 Å². The molecular weight excluding hydrogens is 276 g/mol. The first-order valence-corrected chi connectivity index (χ1v) is 6.59. The monoisotopic (exact) mass is 290 g/mol. The molecule has 6 heteroatoms. The molecule has 5 nitrogen and oxygen atoms in total. The average molecular weight is 291 g/mol. The Morgan fingerprint density at radius 1 is 1.40 bits per heavy atom. The fourth-order valence-corrected chi connectivity index (χ4v) is 1.94. The second kappa shape index (κ2) is 6.34. The third kappa shape index (κ3) is 3.05. The molecule has 0 bridgehead atoms. The number of aromatic nitrogens is 2. The zero-order valence-corrected chi connectivity index (χ0v) is 12.1. The lowest BCUT2D eigenvalue weighted by Gasteiger charge is -2.16. The van der Waals surface area contributed by atoms with E-state index in [2.05, 4.69) is 15.3 Å². The predicted octanol–water partition coefficient (Wildman–Crippen LogP) is 2.84. The van der Waals surface area contributed by atoms with Crippen LogP contribution in [0.25, 0.3) is 0 Å². The van der Waals surface area contributed by atoms with Crippen LogP contribution in [-0.4, -0.2) is 29.5 Å². The largest absolute Gasteiger partial charge is 0.369 e. The summed E-state index contributed by atoms with van der Waals surface area (Å²) in [5.41, 5.74) is 0.421. The highest BCUT2D eigenvalue weighted by atomic mass is 35.5. The van der Waals surface area contributed by atoms with Crippen molar-refractivity contribution < 1.29 is 4.79 Å². The zero-order chi connectivity index (χ0) is 14.5. The van der Waals surface area contributed by atoms with E-state index in [1.54, 1.807) is 31.4 Å².